The molecule has 0 spiro atoms. The van der Waals surface area contributed by atoms with Crippen LogP contribution in [-0.4, -0.2) is 54.1 Å². The van der Waals surface area contributed by atoms with Crippen LogP contribution >= 0.6 is 0 Å². The molecule has 4 heterocycles. The van der Waals surface area contributed by atoms with Crippen LogP contribution in [0.1, 0.15) is 35.7 Å². The summed E-state index contributed by atoms with van der Waals surface area (Å²) in [5.74, 6) is 1.00. The number of hydrogen-bond donors (Lipinski definition) is 3. The van der Waals surface area contributed by atoms with E-state index in [0.29, 0.717) is 35.6 Å². The Labute approximate surface area is 192 Å². The van der Waals surface area contributed by atoms with E-state index in [9.17, 15) is 14.0 Å². The highest BCUT2D eigenvalue weighted by Gasteiger charge is 2.39. The van der Waals surface area contributed by atoms with Crippen molar-refractivity contribution in [2.75, 3.05) is 17.7 Å². The Morgan fingerprint density at radius 3 is 2.79 bits per heavy atom. The smallest absolute Gasteiger partial charge is 0.280 e. The topological polar surface area (TPSA) is 123 Å². The highest BCUT2D eigenvalue weighted by Crippen LogP contribution is 2.34. The molecule has 6 rings (SSSR count). The van der Waals surface area contributed by atoms with Gasteiger partial charge in [0.2, 0.25) is 0 Å². The molecule has 0 bridgehead atoms. The van der Waals surface area contributed by atoms with Crippen LogP contribution in [0.25, 0.3) is 11.5 Å². The molecule has 174 valence electrons. The van der Waals surface area contributed by atoms with Crippen LogP contribution in [0.15, 0.2) is 47.7 Å². The highest BCUT2D eigenvalue weighted by atomic mass is 19.1. The van der Waals surface area contributed by atoms with Crippen LogP contribution in [0.5, 0.6) is 0 Å². The molecule has 34 heavy (non-hydrogen) atoms. The number of hydrogen-bond acceptors (Lipinski definition) is 7. The Kier molecular flexibility index (Phi) is 4.61. The molecule has 0 radical (unpaired) electrons. The fraction of sp³-hybridized carbons (Fsp3) is 0.318. The largest absolute Gasteiger partial charge is 0.373 e. The third-order valence-corrected chi connectivity index (χ3v) is 5.97. The van der Waals surface area contributed by atoms with Gasteiger partial charge in [0.1, 0.15) is 29.1 Å². The predicted molar refractivity (Wildman–Crippen MR) is 123 cm³/mol. The Balaban J connectivity index is 1.33. The molecule has 2 saturated carbocycles. The molecule has 3 N–H and O–H groups in total. The molecular weight excluding hydrogens is 441 g/mol. The first-order chi connectivity index (χ1) is 16.5. The Hall–Kier alpha value is -4.22. The normalized spacial score (nSPS) is 19.2. The van der Waals surface area contributed by atoms with E-state index in [4.69, 9.17) is 0 Å². The van der Waals surface area contributed by atoms with E-state index in [0.717, 1.165) is 12.8 Å². The number of carbonyl (C=O) groups is 1. The minimum Gasteiger partial charge on any atom is -0.373 e. The maximum absolute atomic E-state index is 13.2. The second-order valence-electron chi connectivity index (χ2n) is 8.51. The monoisotopic (exact) mass is 463 g/mol. The summed E-state index contributed by atoms with van der Waals surface area (Å²) in [5.41, 5.74) is 0.509. The molecule has 2 aliphatic carbocycles. The van der Waals surface area contributed by atoms with E-state index in [1.165, 1.54) is 15.3 Å². The standard InChI is InChI=1S/C22H22FN9O2/c1-24-19-10-17(28-20-13(11-25-32(19)20)21(33)27-16-9-14(16)23)26-15-3-2-7-30(22(15)34)18-6-8-31(29-18)12-4-5-12/h2-3,6-8,10-12,14,16,24H,4-5,9H2,1H3,(H,26,28)(H,27,33)/t14-,16+/m1/s1. The fourth-order valence-electron chi connectivity index (χ4n) is 3.83. The van der Waals surface area contributed by atoms with Crippen LogP contribution in [0, 0.1) is 0 Å². The SMILES string of the molecule is CNc1cc(Nc2cccn(-c3ccn(C4CC4)n3)c2=O)nc2c(C(=O)N[C@H]3C[C@H]3F)cnn12. The molecule has 12 heteroatoms. The quantitative estimate of drug-likeness (QED) is 0.383. The summed E-state index contributed by atoms with van der Waals surface area (Å²) in [6.45, 7) is 0. The molecule has 0 aliphatic heterocycles. The number of carbonyl (C=O) groups excluding carboxylic acids is 1. The summed E-state index contributed by atoms with van der Waals surface area (Å²) in [4.78, 5) is 30.3. The lowest BCUT2D eigenvalue weighted by Gasteiger charge is -2.11. The lowest BCUT2D eigenvalue weighted by Crippen LogP contribution is -2.27. The van der Waals surface area contributed by atoms with Gasteiger partial charge in [-0.2, -0.15) is 14.7 Å². The number of fused-ring (bicyclic) bond motifs is 1. The van der Waals surface area contributed by atoms with Crippen molar-refractivity contribution in [3.63, 3.8) is 0 Å². The molecule has 1 amide bonds. The first kappa shape index (κ1) is 20.4. The number of nitrogens with zero attached hydrogens (tertiary/aromatic N) is 6. The van der Waals surface area contributed by atoms with Gasteiger partial charge in [-0.25, -0.2) is 9.37 Å². The molecule has 2 aliphatic rings. The summed E-state index contributed by atoms with van der Waals surface area (Å²) < 4.78 is 18.1. The van der Waals surface area contributed by atoms with Crippen molar-refractivity contribution >= 4 is 28.9 Å². The van der Waals surface area contributed by atoms with Crippen LogP contribution in [0.2, 0.25) is 0 Å². The highest BCUT2D eigenvalue weighted by molar-refractivity contribution is 6.00. The molecule has 4 aromatic rings. The zero-order valence-corrected chi connectivity index (χ0v) is 18.3. The number of rotatable bonds is 7. The third-order valence-electron chi connectivity index (χ3n) is 5.97. The van der Waals surface area contributed by atoms with E-state index >= 15 is 0 Å². The fourth-order valence-corrected chi connectivity index (χ4v) is 3.83. The number of halogens is 1. The second kappa shape index (κ2) is 7.68. The first-order valence-corrected chi connectivity index (χ1v) is 11.1. The number of aromatic nitrogens is 6. The van der Waals surface area contributed by atoms with Gasteiger partial charge in [0.05, 0.1) is 18.3 Å². The van der Waals surface area contributed by atoms with E-state index in [2.05, 4.69) is 31.1 Å². The number of pyridine rings is 1. The molecule has 2 atom stereocenters. The minimum atomic E-state index is -1.01. The third kappa shape index (κ3) is 3.56. The molecule has 11 nitrogen and oxygen atoms in total. The summed E-state index contributed by atoms with van der Waals surface area (Å²) >= 11 is 0. The minimum absolute atomic E-state index is 0.218. The second-order valence-corrected chi connectivity index (χ2v) is 8.51. The average molecular weight is 463 g/mol. The van der Waals surface area contributed by atoms with Crippen molar-refractivity contribution < 1.29 is 9.18 Å². The number of nitrogens with one attached hydrogen (secondary N) is 3. The van der Waals surface area contributed by atoms with Crippen LogP contribution < -0.4 is 21.5 Å². The predicted octanol–water partition coefficient (Wildman–Crippen LogP) is 2.04. The Bertz CT molecular complexity index is 1470. The molecular formula is C22H22FN9O2. The lowest BCUT2D eigenvalue weighted by molar-refractivity contribution is 0.0949. The van der Waals surface area contributed by atoms with Crippen LogP contribution in [0.4, 0.5) is 21.7 Å². The summed E-state index contributed by atoms with van der Waals surface area (Å²) in [6.07, 6.45) is 6.44. The number of amides is 1. The molecule has 4 aromatic heterocycles. The van der Waals surface area contributed by atoms with Crippen LogP contribution in [-0.2, 0) is 0 Å². The van der Waals surface area contributed by atoms with Crippen molar-refractivity contribution in [1.82, 2.24) is 34.3 Å². The summed E-state index contributed by atoms with van der Waals surface area (Å²) in [5, 5.41) is 17.5. The summed E-state index contributed by atoms with van der Waals surface area (Å²) in [7, 11) is 1.71. The van der Waals surface area contributed by atoms with E-state index in [-0.39, 0.29) is 16.8 Å². The van der Waals surface area contributed by atoms with Gasteiger partial charge in [0, 0.05) is 38.0 Å². The zero-order valence-electron chi connectivity index (χ0n) is 18.3. The maximum Gasteiger partial charge on any atom is 0.280 e. The average Bonchev–Trinajstić information content (AvgIpc) is 3.69. The molecule has 0 aromatic carbocycles. The first-order valence-electron chi connectivity index (χ1n) is 11.1. The van der Waals surface area contributed by atoms with Gasteiger partial charge in [0.15, 0.2) is 11.5 Å². The van der Waals surface area contributed by atoms with Crippen molar-refractivity contribution in [3.8, 4) is 5.82 Å². The maximum atomic E-state index is 13.2. The van der Waals surface area contributed by atoms with E-state index < -0.39 is 18.1 Å². The van der Waals surface area contributed by atoms with Crippen molar-refractivity contribution in [2.24, 2.45) is 0 Å². The van der Waals surface area contributed by atoms with Gasteiger partial charge < -0.3 is 16.0 Å². The van der Waals surface area contributed by atoms with Gasteiger partial charge in [-0.3, -0.25) is 18.8 Å². The van der Waals surface area contributed by atoms with Crippen LogP contribution in [0.3, 0.4) is 0 Å². The molecule has 0 saturated heterocycles. The Morgan fingerprint density at radius 2 is 2.06 bits per heavy atom. The van der Waals surface area contributed by atoms with Gasteiger partial charge in [0.25, 0.3) is 11.5 Å². The van der Waals surface area contributed by atoms with E-state index in [1.54, 1.807) is 31.4 Å². The number of anilines is 3. The number of alkyl halides is 1. The van der Waals surface area contributed by atoms with Gasteiger partial charge in [-0.05, 0) is 25.0 Å². The van der Waals surface area contributed by atoms with E-state index in [1.807, 2.05) is 16.9 Å². The summed E-state index contributed by atoms with van der Waals surface area (Å²) in [6, 6.07) is 6.83. The lowest BCUT2D eigenvalue weighted by atomic mass is 10.3. The zero-order chi connectivity index (χ0) is 23.4. The van der Waals surface area contributed by atoms with Crippen molar-refractivity contribution in [3.05, 3.63) is 58.8 Å². The molecule has 0 unspecified atom stereocenters. The van der Waals surface area contributed by atoms with Gasteiger partial charge in [-0.15, -0.1) is 0 Å². The Morgan fingerprint density at radius 1 is 1.24 bits per heavy atom. The van der Waals surface area contributed by atoms with Crippen molar-refractivity contribution in [1.29, 1.82) is 0 Å². The molecule has 2 fully saturated rings. The van der Waals surface area contributed by atoms with Crippen molar-refractivity contribution in [2.45, 2.75) is 37.5 Å². The van der Waals surface area contributed by atoms with Gasteiger partial charge in [-0.1, -0.05) is 0 Å². The van der Waals surface area contributed by atoms with Gasteiger partial charge >= 0.3 is 0 Å².